The van der Waals surface area contributed by atoms with Crippen LogP contribution < -0.4 is 11.1 Å². The summed E-state index contributed by atoms with van der Waals surface area (Å²) < 4.78 is 19.8. The fourth-order valence-electron chi connectivity index (χ4n) is 3.13. The number of hydrogen-bond donors (Lipinski definition) is 3. The Labute approximate surface area is 174 Å². The minimum Gasteiger partial charge on any atom is -0.404 e. The molecular formula is C22H24FN5O2. The van der Waals surface area contributed by atoms with Crippen LogP contribution in [0.4, 0.5) is 10.1 Å². The molecule has 0 aliphatic carbocycles. The van der Waals surface area contributed by atoms with E-state index in [0.29, 0.717) is 36.5 Å². The van der Waals surface area contributed by atoms with Gasteiger partial charge in [0.25, 0.3) is 0 Å². The molecule has 1 amide bonds. The number of carbonyl (C=O) groups excluding carboxylic acids is 1. The zero-order valence-corrected chi connectivity index (χ0v) is 16.5. The van der Waals surface area contributed by atoms with Crippen LogP contribution in [0.15, 0.2) is 48.9 Å². The minimum absolute atomic E-state index is 0.115. The Balaban J connectivity index is 1.66. The molecule has 30 heavy (non-hydrogen) atoms. The zero-order valence-electron chi connectivity index (χ0n) is 16.5. The van der Waals surface area contributed by atoms with E-state index in [1.165, 1.54) is 18.3 Å². The highest BCUT2D eigenvalue weighted by molar-refractivity contribution is 6.10. The second-order valence-electron chi connectivity index (χ2n) is 6.75. The third-order valence-corrected chi connectivity index (χ3v) is 4.71. The molecule has 0 spiro atoms. The van der Waals surface area contributed by atoms with E-state index in [1.807, 2.05) is 0 Å². The zero-order chi connectivity index (χ0) is 21.3. The lowest BCUT2D eigenvalue weighted by Gasteiger charge is -2.26. The maximum Gasteiger partial charge on any atom is 0.248 e. The molecule has 0 saturated carbocycles. The van der Waals surface area contributed by atoms with Crippen molar-refractivity contribution in [2.45, 2.75) is 6.54 Å². The van der Waals surface area contributed by atoms with E-state index in [2.05, 4.69) is 15.2 Å². The standard InChI is InChI=1S/C22H24FN5O2/c23-20-11-16(15-28-7-9-30-10-8-28)1-3-21(20)27-22(29)4-2-17-14-26-6-5-19(17)18(12-24)13-25/h1-6,11-14,24H,7-10,15,25H2,(H,27,29)/b4-2+,18-13+,24-12?. The lowest BCUT2D eigenvalue weighted by molar-refractivity contribution is -0.111. The molecule has 1 saturated heterocycles. The number of benzene rings is 1. The average Bonchev–Trinajstić information content (AvgIpc) is 2.76. The van der Waals surface area contributed by atoms with Crippen molar-refractivity contribution in [3.8, 4) is 0 Å². The topological polar surface area (TPSA) is 104 Å². The summed E-state index contributed by atoms with van der Waals surface area (Å²) in [6, 6.07) is 6.51. The van der Waals surface area contributed by atoms with Crippen molar-refractivity contribution in [2.75, 3.05) is 31.6 Å². The smallest absolute Gasteiger partial charge is 0.248 e. The molecule has 1 aliphatic rings. The summed E-state index contributed by atoms with van der Waals surface area (Å²) in [4.78, 5) is 18.5. The van der Waals surface area contributed by atoms with Gasteiger partial charge in [0.15, 0.2) is 0 Å². The van der Waals surface area contributed by atoms with Crippen molar-refractivity contribution in [1.82, 2.24) is 9.88 Å². The second-order valence-corrected chi connectivity index (χ2v) is 6.75. The maximum atomic E-state index is 14.5. The molecule has 8 heteroatoms. The van der Waals surface area contributed by atoms with Gasteiger partial charge in [0.2, 0.25) is 5.91 Å². The fourth-order valence-corrected chi connectivity index (χ4v) is 3.13. The van der Waals surface area contributed by atoms with Gasteiger partial charge in [0.05, 0.1) is 18.9 Å². The van der Waals surface area contributed by atoms with Gasteiger partial charge in [0, 0.05) is 61.7 Å². The Morgan fingerprint density at radius 1 is 1.33 bits per heavy atom. The van der Waals surface area contributed by atoms with Gasteiger partial charge in [-0.05, 0) is 35.4 Å². The molecule has 2 aromatic rings. The van der Waals surface area contributed by atoms with Crippen molar-refractivity contribution < 1.29 is 13.9 Å². The van der Waals surface area contributed by atoms with Gasteiger partial charge in [-0.2, -0.15) is 0 Å². The van der Waals surface area contributed by atoms with Crippen LogP contribution in [0.25, 0.3) is 11.6 Å². The van der Waals surface area contributed by atoms with Crippen LogP contribution in [0.1, 0.15) is 16.7 Å². The van der Waals surface area contributed by atoms with Crippen LogP contribution in [0.5, 0.6) is 0 Å². The largest absolute Gasteiger partial charge is 0.404 e. The molecule has 1 aromatic heterocycles. The molecule has 1 fully saturated rings. The fraction of sp³-hybridized carbons (Fsp3) is 0.227. The van der Waals surface area contributed by atoms with Gasteiger partial charge in [-0.15, -0.1) is 0 Å². The van der Waals surface area contributed by atoms with Crippen LogP contribution in [0, 0.1) is 11.2 Å². The summed E-state index contributed by atoms with van der Waals surface area (Å²) in [6.45, 7) is 3.65. The highest BCUT2D eigenvalue weighted by Gasteiger charge is 2.12. The SMILES string of the molecule is N=C/C(=C\N)c1ccncc1/C=C/C(=O)Nc1ccc(CN2CCOCC2)cc1F. The quantitative estimate of drug-likeness (QED) is 0.482. The summed E-state index contributed by atoms with van der Waals surface area (Å²) in [6.07, 6.45) is 8.42. The van der Waals surface area contributed by atoms with Crippen molar-refractivity contribution in [3.05, 3.63) is 71.4 Å². The number of nitrogens with one attached hydrogen (secondary N) is 2. The predicted molar refractivity (Wildman–Crippen MR) is 115 cm³/mol. The number of rotatable bonds is 7. The van der Waals surface area contributed by atoms with Gasteiger partial charge in [-0.25, -0.2) is 4.39 Å². The Bertz CT molecular complexity index is 968. The first-order chi connectivity index (χ1) is 14.6. The third-order valence-electron chi connectivity index (χ3n) is 4.71. The lowest BCUT2D eigenvalue weighted by Crippen LogP contribution is -2.35. The van der Waals surface area contributed by atoms with Crippen molar-refractivity contribution in [1.29, 1.82) is 5.41 Å². The highest BCUT2D eigenvalue weighted by atomic mass is 19.1. The molecule has 0 bridgehead atoms. The van der Waals surface area contributed by atoms with Crippen molar-refractivity contribution in [3.63, 3.8) is 0 Å². The number of hydrogen-bond acceptors (Lipinski definition) is 6. The van der Waals surface area contributed by atoms with E-state index in [4.69, 9.17) is 15.9 Å². The molecule has 3 rings (SSSR count). The van der Waals surface area contributed by atoms with Gasteiger partial charge < -0.3 is 21.2 Å². The number of pyridine rings is 1. The molecule has 156 valence electrons. The Hall–Kier alpha value is -3.36. The molecule has 0 radical (unpaired) electrons. The summed E-state index contributed by atoms with van der Waals surface area (Å²) in [5.41, 5.74) is 8.29. The van der Waals surface area contributed by atoms with E-state index >= 15 is 0 Å². The predicted octanol–water partition coefficient (Wildman–Crippen LogP) is 2.65. The first-order valence-corrected chi connectivity index (χ1v) is 9.55. The molecule has 1 aromatic carbocycles. The lowest BCUT2D eigenvalue weighted by atomic mass is 10.0. The Kier molecular flexibility index (Phi) is 7.42. The number of nitrogens with two attached hydrogens (primary N) is 1. The summed E-state index contributed by atoms with van der Waals surface area (Å²) in [7, 11) is 0. The first kappa shape index (κ1) is 21.4. The Morgan fingerprint density at radius 3 is 2.83 bits per heavy atom. The monoisotopic (exact) mass is 409 g/mol. The highest BCUT2D eigenvalue weighted by Crippen LogP contribution is 2.19. The van der Waals surface area contributed by atoms with Crippen LogP contribution in [0.2, 0.25) is 0 Å². The van der Waals surface area contributed by atoms with E-state index in [1.54, 1.807) is 36.7 Å². The van der Waals surface area contributed by atoms with E-state index in [0.717, 1.165) is 24.9 Å². The third kappa shape index (κ3) is 5.59. The minimum atomic E-state index is -0.485. The summed E-state index contributed by atoms with van der Waals surface area (Å²) in [5, 5.41) is 9.98. The molecule has 0 unspecified atom stereocenters. The van der Waals surface area contributed by atoms with Crippen molar-refractivity contribution in [2.24, 2.45) is 5.73 Å². The number of ether oxygens (including phenoxy) is 1. The number of amides is 1. The molecule has 4 N–H and O–H groups in total. The number of allylic oxidation sites excluding steroid dienone is 1. The molecule has 1 aliphatic heterocycles. The van der Waals surface area contributed by atoms with E-state index < -0.39 is 11.7 Å². The number of nitrogens with zero attached hydrogens (tertiary/aromatic N) is 2. The molecule has 0 atom stereocenters. The molecule has 7 nitrogen and oxygen atoms in total. The van der Waals surface area contributed by atoms with E-state index in [9.17, 15) is 9.18 Å². The number of anilines is 1. The van der Waals surface area contributed by atoms with Gasteiger partial charge >= 0.3 is 0 Å². The van der Waals surface area contributed by atoms with Crippen LogP contribution in [-0.2, 0) is 16.1 Å². The van der Waals surface area contributed by atoms with E-state index in [-0.39, 0.29) is 5.69 Å². The summed E-state index contributed by atoms with van der Waals surface area (Å²) >= 11 is 0. The molecular weight excluding hydrogens is 385 g/mol. The number of carbonyl (C=O) groups is 1. The first-order valence-electron chi connectivity index (χ1n) is 9.55. The average molecular weight is 409 g/mol. The molecule has 2 heterocycles. The van der Waals surface area contributed by atoms with Gasteiger partial charge in [0.1, 0.15) is 5.82 Å². The summed E-state index contributed by atoms with van der Waals surface area (Å²) in [5.74, 6) is -0.959. The van der Waals surface area contributed by atoms with Crippen LogP contribution in [0.3, 0.4) is 0 Å². The van der Waals surface area contributed by atoms with Gasteiger partial charge in [-0.3, -0.25) is 14.7 Å². The number of halogens is 1. The number of morpholine rings is 1. The normalized spacial score (nSPS) is 15.3. The van der Waals surface area contributed by atoms with Crippen molar-refractivity contribution >= 4 is 29.5 Å². The van der Waals surface area contributed by atoms with Crippen LogP contribution in [-0.4, -0.2) is 48.3 Å². The number of aromatic nitrogens is 1. The second kappa shape index (κ2) is 10.4. The Morgan fingerprint density at radius 2 is 2.13 bits per heavy atom. The maximum absolute atomic E-state index is 14.5. The van der Waals surface area contributed by atoms with Crippen LogP contribution >= 0.6 is 0 Å². The van der Waals surface area contributed by atoms with Gasteiger partial charge in [-0.1, -0.05) is 6.07 Å².